The molecular weight excluding hydrogens is 435 g/mol. The first-order chi connectivity index (χ1) is 14.8. The van der Waals surface area contributed by atoms with Crippen molar-refractivity contribution in [2.45, 2.75) is 26.1 Å². The van der Waals surface area contributed by atoms with Gasteiger partial charge in [-0.2, -0.15) is 18.3 Å². The average molecular weight is 455 g/mol. The van der Waals surface area contributed by atoms with Crippen LogP contribution in [-0.4, -0.2) is 67.2 Å². The van der Waals surface area contributed by atoms with Gasteiger partial charge in [-0.1, -0.05) is 18.2 Å². The van der Waals surface area contributed by atoms with Crippen molar-refractivity contribution in [2.75, 3.05) is 13.1 Å². The van der Waals surface area contributed by atoms with Gasteiger partial charge in [0.1, 0.15) is 0 Å². The van der Waals surface area contributed by atoms with Crippen LogP contribution in [0.25, 0.3) is 5.69 Å². The average Bonchev–Trinajstić information content (AvgIpc) is 2.98. The molecule has 1 aliphatic carbocycles. The summed E-state index contributed by atoms with van der Waals surface area (Å²) in [5.74, 6) is -4.77. The molecule has 2 aliphatic rings. The van der Waals surface area contributed by atoms with Crippen molar-refractivity contribution in [3.63, 3.8) is 0 Å². The van der Waals surface area contributed by atoms with Gasteiger partial charge in [-0.3, -0.25) is 14.5 Å². The Morgan fingerprint density at radius 3 is 2.06 bits per heavy atom. The third-order valence-electron chi connectivity index (χ3n) is 5.85. The summed E-state index contributed by atoms with van der Waals surface area (Å²) in [6.07, 6.45) is -1.20. The number of hydrogen-bond acceptors (Lipinski definition) is 5. The van der Waals surface area contributed by atoms with Crippen LogP contribution in [0.5, 0.6) is 0 Å². The molecule has 1 aromatic carbocycles. The van der Waals surface area contributed by atoms with Crippen molar-refractivity contribution in [3.05, 3.63) is 47.8 Å². The molecule has 0 spiro atoms. The fraction of sp³-hybridized carbons (Fsp3) is 0.400. The van der Waals surface area contributed by atoms with E-state index in [1.807, 2.05) is 42.3 Å². The van der Waals surface area contributed by atoms with Gasteiger partial charge in [-0.05, 0) is 25.0 Å². The number of para-hydroxylation sites is 1. The molecule has 2 atom stereocenters. The number of alkyl halides is 3. The summed E-state index contributed by atoms with van der Waals surface area (Å²) in [7, 11) is 0. The van der Waals surface area contributed by atoms with E-state index in [1.54, 1.807) is 10.9 Å². The number of nitrogens with zero attached hydrogens (tertiary/aromatic N) is 3. The predicted molar refractivity (Wildman–Crippen MR) is 102 cm³/mol. The monoisotopic (exact) mass is 455 g/mol. The highest BCUT2D eigenvalue weighted by atomic mass is 19.4. The fourth-order valence-electron chi connectivity index (χ4n) is 4.16. The number of aliphatic carboxylic acids is 3. The SMILES string of the molecule is Cc1ccccc1-n1cc(CN2C[C@@]3(C(=O)O)C[C@@]3(C(=O)O)C2)cn1.O=C(O)C(F)(F)F. The van der Waals surface area contributed by atoms with E-state index in [0.717, 1.165) is 16.8 Å². The minimum Gasteiger partial charge on any atom is -0.481 e. The summed E-state index contributed by atoms with van der Waals surface area (Å²) in [5, 5.41) is 30.5. The second-order valence-electron chi connectivity index (χ2n) is 7.98. The summed E-state index contributed by atoms with van der Waals surface area (Å²) in [5.41, 5.74) is 0.761. The zero-order chi connectivity index (χ0) is 23.9. The molecule has 1 aromatic heterocycles. The number of hydrogen-bond donors (Lipinski definition) is 3. The van der Waals surface area contributed by atoms with Crippen LogP contribution in [0, 0.1) is 17.8 Å². The number of aryl methyl sites for hydroxylation is 1. The molecule has 1 aliphatic heterocycles. The standard InChI is InChI=1S/C18H19N3O4.C2HF3O2/c1-12-4-2-3-5-14(12)21-8-13(6-19-21)7-20-10-17(15(22)23)9-18(17,11-20)16(24)25;3-2(4,5)1(6)7/h2-6,8H,7,9-11H2,1H3,(H,22,23)(H,24,25);(H,6,7)/t17-,18+;. The molecule has 4 rings (SSSR count). The van der Waals surface area contributed by atoms with Gasteiger partial charge in [-0.25, -0.2) is 9.48 Å². The lowest BCUT2D eigenvalue weighted by molar-refractivity contribution is -0.192. The molecule has 0 amide bonds. The lowest BCUT2D eigenvalue weighted by Gasteiger charge is -2.18. The summed E-state index contributed by atoms with van der Waals surface area (Å²) in [6.45, 7) is 3.04. The molecular formula is C20H20F3N3O6. The highest BCUT2D eigenvalue weighted by molar-refractivity contribution is 5.94. The summed E-state index contributed by atoms with van der Waals surface area (Å²) in [4.78, 5) is 34.0. The second-order valence-corrected chi connectivity index (χ2v) is 7.98. The van der Waals surface area contributed by atoms with Crippen LogP contribution < -0.4 is 0 Å². The third kappa shape index (κ3) is 4.05. The molecule has 12 heteroatoms. The lowest BCUT2D eigenvalue weighted by Crippen LogP contribution is -2.28. The number of halogens is 3. The largest absolute Gasteiger partial charge is 0.490 e. The van der Waals surface area contributed by atoms with Gasteiger partial charge in [0, 0.05) is 31.4 Å². The van der Waals surface area contributed by atoms with E-state index in [4.69, 9.17) is 9.90 Å². The maximum Gasteiger partial charge on any atom is 0.490 e. The minimum atomic E-state index is -5.08. The quantitative estimate of drug-likeness (QED) is 0.625. The Balaban J connectivity index is 0.000000360. The van der Waals surface area contributed by atoms with Crippen molar-refractivity contribution in [1.82, 2.24) is 14.7 Å². The van der Waals surface area contributed by atoms with Crippen LogP contribution in [0.3, 0.4) is 0 Å². The Hall–Kier alpha value is -3.41. The number of piperidine rings is 1. The zero-order valence-corrected chi connectivity index (χ0v) is 16.8. The predicted octanol–water partition coefficient (Wildman–Crippen LogP) is 2.18. The number of aromatic nitrogens is 2. The highest BCUT2D eigenvalue weighted by Crippen LogP contribution is 2.68. The Bertz CT molecular complexity index is 1040. The molecule has 172 valence electrons. The Morgan fingerprint density at radius 1 is 1.06 bits per heavy atom. The van der Waals surface area contributed by atoms with Crippen molar-refractivity contribution >= 4 is 17.9 Å². The molecule has 0 bridgehead atoms. The van der Waals surface area contributed by atoms with Crippen LogP contribution in [0.15, 0.2) is 36.7 Å². The van der Waals surface area contributed by atoms with Gasteiger partial charge in [0.2, 0.25) is 0 Å². The first-order valence-corrected chi connectivity index (χ1v) is 9.41. The Morgan fingerprint density at radius 2 is 1.59 bits per heavy atom. The number of carbonyl (C=O) groups is 3. The zero-order valence-electron chi connectivity index (χ0n) is 16.8. The second kappa shape index (κ2) is 7.93. The van der Waals surface area contributed by atoms with E-state index in [2.05, 4.69) is 5.10 Å². The van der Waals surface area contributed by atoms with Gasteiger partial charge < -0.3 is 15.3 Å². The third-order valence-corrected chi connectivity index (χ3v) is 5.85. The molecule has 2 fully saturated rings. The van der Waals surface area contributed by atoms with Crippen molar-refractivity contribution in [1.29, 1.82) is 0 Å². The van der Waals surface area contributed by atoms with Crippen LogP contribution >= 0.6 is 0 Å². The number of carboxylic acid groups (broad SMARTS) is 3. The van der Waals surface area contributed by atoms with Gasteiger partial charge in [-0.15, -0.1) is 0 Å². The van der Waals surface area contributed by atoms with E-state index in [0.29, 0.717) is 6.54 Å². The Labute approximate surface area is 179 Å². The first kappa shape index (κ1) is 23.3. The van der Waals surface area contributed by atoms with Crippen LogP contribution in [0.2, 0.25) is 0 Å². The van der Waals surface area contributed by atoms with E-state index in [9.17, 15) is 33.0 Å². The number of benzene rings is 1. The molecule has 32 heavy (non-hydrogen) atoms. The van der Waals surface area contributed by atoms with Crippen LogP contribution in [-0.2, 0) is 20.9 Å². The maximum absolute atomic E-state index is 11.6. The van der Waals surface area contributed by atoms with E-state index in [-0.39, 0.29) is 19.5 Å². The molecule has 3 N–H and O–H groups in total. The fourth-order valence-corrected chi connectivity index (χ4v) is 4.16. The van der Waals surface area contributed by atoms with E-state index < -0.39 is 34.9 Å². The topological polar surface area (TPSA) is 133 Å². The van der Waals surface area contributed by atoms with E-state index >= 15 is 0 Å². The van der Waals surface area contributed by atoms with E-state index in [1.165, 1.54) is 0 Å². The Kier molecular flexibility index (Phi) is 5.77. The van der Waals surface area contributed by atoms with Gasteiger partial charge in [0.05, 0.1) is 22.7 Å². The molecule has 9 nitrogen and oxygen atoms in total. The van der Waals surface area contributed by atoms with Crippen molar-refractivity contribution in [2.24, 2.45) is 10.8 Å². The molecule has 0 radical (unpaired) electrons. The molecule has 1 saturated carbocycles. The van der Waals surface area contributed by atoms with Gasteiger partial charge >= 0.3 is 24.1 Å². The lowest BCUT2D eigenvalue weighted by atomic mass is 9.97. The maximum atomic E-state index is 11.6. The summed E-state index contributed by atoms with van der Waals surface area (Å²) in [6, 6.07) is 7.91. The summed E-state index contributed by atoms with van der Waals surface area (Å²) < 4.78 is 33.5. The molecule has 2 heterocycles. The number of carboxylic acids is 3. The molecule has 2 aromatic rings. The minimum absolute atomic E-state index is 0.226. The first-order valence-electron chi connectivity index (χ1n) is 9.41. The number of likely N-dealkylation sites (tertiary alicyclic amines) is 1. The van der Waals surface area contributed by atoms with Crippen LogP contribution in [0.4, 0.5) is 13.2 Å². The normalized spacial score (nSPS) is 24.2. The van der Waals surface area contributed by atoms with Gasteiger partial charge in [0.15, 0.2) is 0 Å². The highest BCUT2D eigenvalue weighted by Gasteiger charge is 2.80. The van der Waals surface area contributed by atoms with Crippen molar-refractivity contribution in [3.8, 4) is 5.69 Å². The smallest absolute Gasteiger partial charge is 0.481 e. The number of rotatable bonds is 5. The van der Waals surface area contributed by atoms with Crippen LogP contribution in [0.1, 0.15) is 17.5 Å². The van der Waals surface area contributed by atoms with Gasteiger partial charge in [0.25, 0.3) is 0 Å². The molecule has 1 saturated heterocycles. The number of fused-ring (bicyclic) bond motifs is 1. The molecule has 0 unspecified atom stereocenters. The summed E-state index contributed by atoms with van der Waals surface area (Å²) >= 11 is 0. The van der Waals surface area contributed by atoms with Crippen molar-refractivity contribution < 1.29 is 42.9 Å².